The molecule has 0 aromatic carbocycles. The maximum Gasteiger partial charge on any atom is 0.415 e. The van der Waals surface area contributed by atoms with E-state index in [1.165, 1.54) is 12.8 Å². The molecule has 0 N–H and O–H groups in total. The summed E-state index contributed by atoms with van der Waals surface area (Å²) < 4.78 is 7.68. The van der Waals surface area contributed by atoms with Gasteiger partial charge in [-0.2, -0.15) is 5.10 Å². The van der Waals surface area contributed by atoms with Gasteiger partial charge in [0.1, 0.15) is 12.4 Å². The Bertz CT molecular complexity index is 682. The molecular formula is C13H13BrN4O2. The predicted octanol–water partition coefficient (Wildman–Crippen LogP) is 2.62. The molecule has 4 rings (SSSR count). The van der Waals surface area contributed by atoms with Gasteiger partial charge in [-0.3, -0.25) is 4.90 Å². The SMILES string of the molecule is O=C1OC[C@H](CC2CC2)N1c1ccn2ncc(Br)c2n1. The lowest BCUT2D eigenvalue weighted by molar-refractivity contribution is 0.178. The number of anilines is 1. The minimum Gasteiger partial charge on any atom is -0.447 e. The molecule has 1 saturated heterocycles. The first kappa shape index (κ1) is 12.1. The molecule has 2 aromatic rings. The Hall–Kier alpha value is -1.63. The molecule has 1 aliphatic carbocycles. The predicted molar refractivity (Wildman–Crippen MR) is 75.6 cm³/mol. The number of rotatable bonds is 3. The van der Waals surface area contributed by atoms with Gasteiger partial charge in [-0.15, -0.1) is 0 Å². The monoisotopic (exact) mass is 336 g/mol. The van der Waals surface area contributed by atoms with E-state index in [0.717, 1.165) is 16.8 Å². The topological polar surface area (TPSA) is 59.7 Å². The van der Waals surface area contributed by atoms with Crippen LogP contribution in [0.3, 0.4) is 0 Å². The van der Waals surface area contributed by atoms with Crippen molar-refractivity contribution in [1.82, 2.24) is 14.6 Å². The number of hydrogen-bond acceptors (Lipinski definition) is 4. The van der Waals surface area contributed by atoms with E-state index >= 15 is 0 Å². The Labute approximate surface area is 123 Å². The third-order valence-corrected chi connectivity index (χ3v) is 4.38. The van der Waals surface area contributed by atoms with Gasteiger partial charge < -0.3 is 4.74 Å². The summed E-state index contributed by atoms with van der Waals surface area (Å²) in [6, 6.07) is 1.91. The number of amides is 1. The minimum atomic E-state index is -0.303. The first-order chi connectivity index (χ1) is 9.72. The summed E-state index contributed by atoms with van der Waals surface area (Å²) in [6.45, 7) is 0.461. The van der Waals surface area contributed by atoms with Crippen LogP contribution in [-0.4, -0.2) is 33.3 Å². The Morgan fingerprint density at radius 3 is 3.10 bits per heavy atom. The number of hydrogen-bond donors (Lipinski definition) is 0. The third-order valence-electron chi connectivity index (χ3n) is 3.82. The molecule has 104 valence electrons. The molecule has 0 radical (unpaired) electrons. The highest BCUT2D eigenvalue weighted by molar-refractivity contribution is 9.10. The van der Waals surface area contributed by atoms with Crippen LogP contribution >= 0.6 is 15.9 Å². The van der Waals surface area contributed by atoms with E-state index in [1.807, 2.05) is 6.20 Å². The minimum absolute atomic E-state index is 0.103. The van der Waals surface area contributed by atoms with Gasteiger partial charge in [0.15, 0.2) is 5.65 Å². The molecule has 1 aliphatic heterocycles. The average molecular weight is 337 g/mol. The summed E-state index contributed by atoms with van der Waals surface area (Å²) in [6.07, 6.45) is 6.72. The van der Waals surface area contributed by atoms with Crippen molar-refractivity contribution in [3.8, 4) is 0 Å². The van der Waals surface area contributed by atoms with Crippen LogP contribution in [0.25, 0.3) is 5.65 Å². The number of ether oxygens (including phenoxy) is 1. The number of halogens is 1. The summed E-state index contributed by atoms with van der Waals surface area (Å²) in [5.74, 6) is 1.37. The summed E-state index contributed by atoms with van der Waals surface area (Å²) in [4.78, 5) is 18.2. The third kappa shape index (κ3) is 1.96. The van der Waals surface area contributed by atoms with Crippen LogP contribution in [0.2, 0.25) is 0 Å². The van der Waals surface area contributed by atoms with Gasteiger partial charge in [0, 0.05) is 6.20 Å². The van der Waals surface area contributed by atoms with E-state index in [1.54, 1.807) is 21.7 Å². The van der Waals surface area contributed by atoms with Crippen LogP contribution in [-0.2, 0) is 4.74 Å². The Morgan fingerprint density at radius 2 is 2.30 bits per heavy atom. The Kier molecular flexibility index (Phi) is 2.70. The van der Waals surface area contributed by atoms with Gasteiger partial charge in [-0.05, 0) is 34.3 Å². The molecule has 6 nitrogen and oxygen atoms in total. The fourth-order valence-electron chi connectivity index (χ4n) is 2.62. The van der Waals surface area contributed by atoms with E-state index in [0.29, 0.717) is 18.1 Å². The van der Waals surface area contributed by atoms with Crippen molar-refractivity contribution >= 4 is 33.5 Å². The second-order valence-electron chi connectivity index (χ2n) is 5.33. The smallest absolute Gasteiger partial charge is 0.415 e. The molecule has 3 heterocycles. The van der Waals surface area contributed by atoms with Gasteiger partial charge in [-0.25, -0.2) is 14.3 Å². The summed E-state index contributed by atoms with van der Waals surface area (Å²) in [7, 11) is 0. The van der Waals surface area contributed by atoms with Crippen molar-refractivity contribution in [2.75, 3.05) is 11.5 Å². The second kappa shape index (κ2) is 4.44. The largest absolute Gasteiger partial charge is 0.447 e. The molecule has 1 amide bonds. The molecule has 1 saturated carbocycles. The second-order valence-corrected chi connectivity index (χ2v) is 6.18. The fraction of sp³-hybridized carbons (Fsp3) is 0.462. The number of cyclic esters (lactones) is 1. The van der Waals surface area contributed by atoms with Gasteiger partial charge in [0.25, 0.3) is 0 Å². The van der Waals surface area contributed by atoms with E-state index < -0.39 is 0 Å². The zero-order chi connectivity index (χ0) is 13.7. The molecule has 2 aliphatic rings. The first-order valence-corrected chi connectivity index (χ1v) is 7.47. The molecule has 0 bridgehead atoms. The van der Waals surface area contributed by atoms with Gasteiger partial charge in [-0.1, -0.05) is 12.8 Å². The van der Waals surface area contributed by atoms with Crippen LogP contribution in [0.15, 0.2) is 22.9 Å². The molecule has 0 unspecified atom stereocenters. The lowest BCUT2D eigenvalue weighted by Crippen LogP contribution is -2.34. The van der Waals surface area contributed by atoms with Gasteiger partial charge in [0.2, 0.25) is 0 Å². The van der Waals surface area contributed by atoms with Crippen molar-refractivity contribution in [3.05, 3.63) is 22.9 Å². The van der Waals surface area contributed by atoms with Crippen molar-refractivity contribution in [2.45, 2.75) is 25.3 Å². The van der Waals surface area contributed by atoms with Crippen LogP contribution in [0.5, 0.6) is 0 Å². The molecule has 0 spiro atoms. The highest BCUT2D eigenvalue weighted by Gasteiger charge is 2.38. The van der Waals surface area contributed by atoms with E-state index in [-0.39, 0.29) is 12.1 Å². The summed E-state index contributed by atoms with van der Waals surface area (Å²) in [5.41, 5.74) is 0.701. The number of nitrogens with zero attached hydrogens (tertiary/aromatic N) is 4. The highest BCUT2D eigenvalue weighted by atomic mass is 79.9. The number of carbonyl (C=O) groups is 1. The molecule has 2 fully saturated rings. The fourth-order valence-corrected chi connectivity index (χ4v) is 2.98. The zero-order valence-electron chi connectivity index (χ0n) is 10.7. The Morgan fingerprint density at radius 1 is 1.45 bits per heavy atom. The van der Waals surface area contributed by atoms with Crippen molar-refractivity contribution in [2.24, 2.45) is 5.92 Å². The lowest BCUT2D eigenvalue weighted by Gasteiger charge is -2.20. The van der Waals surface area contributed by atoms with Crippen molar-refractivity contribution in [1.29, 1.82) is 0 Å². The van der Waals surface area contributed by atoms with Crippen molar-refractivity contribution in [3.63, 3.8) is 0 Å². The maximum atomic E-state index is 12.0. The van der Waals surface area contributed by atoms with E-state index in [4.69, 9.17) is 4.74 Å². The molecule has 20 heavy (non-hydrogen) atoms. The quantitative estimate of drug-likeness (QED) is 0.864. The molecule has 7 heteroatoms. The van der Waals surface area contributed by atoms with E-state index in [2.05, 4.69) is 26.0 Å². The average Bonchev–Trinajstić information content (AvgIpc) is 3.09. The van der Waals surface area contributed by atoms with Crippen LogP contribution in [0.1, 0.15) is 19.3 Å². The van der Waals surface area contributed by atoms with Crippen molar-refractivity contribution < 1.29 is 9.53 Å². The Balaban J connectivity index is 1.71. The van der Waals surface area contributed by atoms with Gasteiger partial charge in [0.05, 0.1) is 16.7 Å². The lowest BCUT2D eigenvalue weighted by atomic mass is 10.1. The van der Waals surface area contributed by atoms with Gasteiger partial charge >= 0.3 is 6.09 Å². The maximum absolute atomic E-state index is 12.0. The highest BCUT2D eigenvalue weighted by Crippen LogP contribution is 2.37. The standard InChI is InChI=1S/C13H13BrN4O2/c14-10-6-15-17-4-3-11(16-12(10)17)18-9(5-8-1-2-8)7-20-13(18)19/h3-4,6,8-9H,1-2,5,7H2/t9-/m0/s1. The zero-order valence-corrected chi connectivity index (χ0v) is 12.3. The van der Waals surface area contributed by atoms with E-state index in [9.17, 15) is 4.79 Å². The number of carbonyl (C=O) groups excluding carboxylic acids is 1. The van der Waals surface area contributed by atoms with Crippen LogP contribution in [0, 0.1) is 5.92 Å². The molecule has 2 aromatic heterocycles. The normalized spacial score (nSPS) is 22.6. The number of fused-ring (bicyclic) bond motifs is 1. The summed E-state index contributed by atoms with van der Waals surface area (Å²) in [5, 5.41) is 4.16. The van der Waals surface area contributed by atoms with Crippen LogP contribution in [0.4, 0.5) is 10.6 Å². The number of aromatic nitrogens is 3. The molecule has 1 atom stereocenters. The molecular weight excluding hydrogens is 324 g/mol. The van der Waals surface area contributed by atoms with Crippen LogP contribution < -0.4 is 4.90 Å². The first-order valence-electron chi connectivity index (χ1n) is 6.68. The summed E-state index contributed by atoms with van der Waals surface area (Å²) >= 11 is 3.41.